The van der Waals surface area contributed by atoms with Gasteiger partial charge in [0.15, 0.2) is 5.17 Å². The largest absolute Gasteiger partial charge is 0.495 e. The number of benzene rings is 2. The van der Waals surface area contributed by atoms with Crippen molar-refractivity contribution >= 4 is 40.1 Å². The number of thioether (sulfide) groups is 1. The minimum atomic E-state index is -0.558. The van der Waals surface area contributed by atoms with Gasteiger partial charge in [0, 0.05) is 6.42 Å². The zero-order valence-corrected chi connectivity index (χ0v) is 15.3. The zero-order chi connectivity index (χ0) is 18.5. The summed E-state index contributed by atoms with van der Waals surface area (Å²) in [6, 6.07) is 14.8. The van der Waals surface area contributed by atoms with Crippen LogP contribution in [0.3, 0.4) is 0 Å². The lowest BCUT2D eigenvalue weighted by molar-refractivity contribution is -0.123. The Balaban J connectivity index is 1.74. The lowest BCUT2D eigenvalue weighted by Gasteiger charge is -2.22. The number of hydrogen-bond donors (Lipinski definition) is 2. The van der Waals surface area contributed by atoms with Gasteiger partial charge in [0.05, 0.1) is 18.5 Å². The average Bonchev–Trinajstić information content (AvgIpc) is 2.63. The molecule has 2 amide bonds. The predicted molar refractivity (Wildman–Crippen MR) is 104 cm³/mol. The molecule has 0 spiro atoms. The van der Waals surface area contributed by atoms with Crippen LogP contribution in [0, 0.1) is 6.92 Å². The molecule has 134 valence electrons. The Bertz CT molecular complexity index is 849. The lowest BCUT2D eigenvalue weighted by atomic mass is 10.2. The van der Waals surface area contributed by atoms with Gasteiger partial charge in [-0.2, -0.15) is 0 Å². The highest BCUT2D eigenvalue weighted by Crippen LogP contribution is 2.27. The minimum Gasteiger partial charge on any atom is -0.495 e. The molecule has 1 saturated heterocycles. The van der Waals surface area contributed by atoms with E-state index in [0.29, 0.717) is 16.6 Å². The molecule has 0 aromatic heterocycles. The van der Waals surface area contributed by atoms with Gasteiger partial charge in [0.2, 0.25) is 11.8 Å². The normalized spacial score (nSPS) is 18.3. The second kappa shape index (κ2) is 8.05. The zero-order valence-electron chi connectivity index (χ0n) is 14.5. The Kier molecular flexibility index (Phi) is 5.58. The summed E-state index contributed by atoms with van der Waals surface area (Å²) in [5.41, 5.74) is 2.43. The highest BCUT2D eigenvalue weighted by atomic mass is 32.2. The highest BCUT2D eigenvalue weighted by molar-refractivity contribution is 8.15. The molecule has 0 saturated carbocycles. The van der Waals surface area contributed by atoms with Gasteiger partial charge in [-0.3, -0.25) is 9.59 Å². The third-order valence-electron chi connectivity index (χ3n) is 3.79. The summed E-state index contributed by atoms with van der Waals surface area (Å²) in [5, 5.41) is 5.41. The summed E-state index contributed by atoms with van der Waals surface area (Å²) < 4.78 is 5.24. The fourth-order valence-corrected chi connectivity index (χ4v) is 3.44. The van der Waals surface area contributed by atoms with Crippen LogP contribution in [0.5, 0.6) is 5.75 Å². The summed E-state index contributed by atoms with van der Waals surface area (Å²) in [6.07, 6.45) is 0.0958. The van der Waals surface area contributed by atoms with Crippen LogP contribution in [0.4, 0.5) is 11.4 Å². The third kappa shape index (κ3) is 4.43. The highest BCUT2D eigenvalue weighted by Gasteiger charge is 2.30. The summed E-state index contributed by atoms with van der Waals surface area (Å²) >= 11 is 1.24. The van der Waals surface area contributed by atoms with Gasteiger partial charge < -0.3 is 15.4 Å². The molecule has 1 aliphatic rings. The van der Waals surface area contributed by atoms with Gasteiger partial charge in [-0.05, 0) is 31.2 Å². The summed E-state index contributed by atoms with van der Waals surface area (Å²) in [5.74, 6) is 0.0837. The number of aryl methyl sites for hydroxylation is 1. The van der Waals surface area contributed by atoms with Crippen molar-refractivity contribution in [2.45, 2.75) is 18.6 Å². The molecule has 2 aromatic carbocycles. The van der Waals surface area contributed by atoms with Crippen LogP contribution in [0.1, 0.15) is 12.0 Å². The number of anilines is 1. The van der Waals surface area contributed by atoms with E-state index in [0.717, 1.165) is 11.3 Å². The van der Waals surface area contributed by atoms with Crippen molar-refractivity contribution in [3.8, 4) is 5.75 Å². The number of carbonyl (C=O) groups is 2. The molecule has 0 unspecified atom stereocenters. The molecule has 1 atom stereocenters. The van der Waals surface area contributed by atoms with Crippen molar-refractivity contribution in [1.82, 2.24) is 5.32 Å². The standard InChI is InChI=1S/C19H19N3O3S/c1-12-7-9-13(10-8-12)20-19-22-17(23)11-16(26-19)18(24)21-14-5-3-4-6-15(14)25-2/h3-10,16H,11H2,1-2H3,(H,21,24)(H,20,22,23)/t16-/m1/s1. The van der Waals surface area contributed by atoms with Crippen molar-refractivity contribution in [1.29, 1.82) is 0 Å². The summed E-state index contributed by atoms with van der Waals surface area (Å²) in [7, 11) is 1.54. The molecule has 2 aromatic rings. The molecule has 7 heteroatoms. The second-order valence-corrected chi connectivity index (χ2v) is 6.99. The molecule has 0 bridgehead atoms. The Morgan fingerprint density at radius 3 is 2.69 bits per heavy atom. The van der Waals surface area contributed by atoms with Crippen molar-refractivity contribution in [3.63, 3.8) is 0 Å². The molecule has 0 aliphatic carbocycles. The van der Waals surface area contributed by atoms with Gasteiger partial charge in [0.25, 0.3) is 0 Å². The first-order valence-corrected chi connectivity index (χ1v) is 8.99. The van der Waals surface area contributed by atoms with E-state index in [4.69, 9.17) is 4.74 Å². The first kappa shape index (κ1) is 18.0. The van der Waals surface area contributed by atoms with Gasteiger partial charge in [-0.1, -0.05) is 41.6 Å². The topological polar surface area (TPSA) is 79.8 Å². The van der Waals surface area contributed by atoms with E-state index in [-0.39, 0.29) is 18.2 Å². The molecular formula is C19H19N3O3S. The van der Waals surface area contributed by atoms with Crippen LogP contribution in [0.2, 0.25) is 0 Å². The lowest BCUT2D eigenvalue weighted by Crippen LogP contribution is -2.41. The van der Waals surface area contributed by atoms with Gasteiger partial charge in [-0.25, -0.2) is 4.99 Å². The fraction of sp³-hybridized carbons (Fsp3) is 0.211. The van der Waals surface area contributed by atoms with Gasteiger partial charge in [0.1, 0.15) is 11.0 Å². The molecule has 26 heavy (non-hydrogen) atoms. The predicted octanol–water partition coefficient (Wildman–Crippen LogP) is 3.25. The molecule has 1 aliphatic heterocycles. The van der Waals surface area contributed by atoms with Crippen LogP contribution < -0.4 is 15.4 Å². The maximum absolute atomic E-state index is 12.6. The quantitative estimate of drug-likeness (QED) is 0.867. The molecule has 3 rings (SSSR count). The van der Waals surface area contributed by atoms with E-state index < -0.39 is 5.25 Å². The number of amidine groups is 1. The average molecular weight is 369 g/mol. The van der Waals surface area contributed by atoms with Crippen molar-refractivity contribution in [2.75, 3.05) is 12.4 Å². The van der Waals surface area contributed by atoms with Crippen LogP contribution >= 0.6 is 11.8 Å². The van der Waals surface area contributed by atoms with Crippen LogP contribution in [0.25, 0.3) is 0 Å². The smallest absolute Gasteiger partial charge is 0.238 e. The summed E-state index contributed by atoms with van der Waals surface area (Å²) in [4.78, 5) is 29.0. The molecule has 1 fully saturated rings. The van der Waals surface area contributed by atoms with E-state index in [1.807, 2.05) is 43.3 Å². The molecule has 1 heterocycles. The van der Waals surface area contributed by atoms with E-state index in [9.17, 15) is 9.59 Å². The van der Waals surface area contributed by atoms with Crippen molar-refractivity contribution in [3.05, 3.63) is 54.1 Å². The SMILES string of the molecule is COc1ccccc1NC(=O)[C@H]1CC(=O)NC(=Nc2ccc(C)cc2)S1. The number of amides is 2. The van der Waals surface area contributed by atoms with Gasteiger partial charge in [-0.15, -0.1) is 0 Å². The van der Waals surface area contributed by atoms with Gasteiger partial charge >= 0.3 is 0 Å². The Morgan fingerprint density at radius 1 is 1.23 bits per heavy atom. The number of nitrogens with zero attached hydrogens (tertiary/aromatic N) is 1. The maximum atomic E-state index is 12.6. The third-order valence-corrected chi connectivity index (χ3v) is 4.87. The number of para-hydroxylation sites is 2. The van der Waals surface area contributed by atoms with Crippen molar-refractivity contribution < 1.29 is 14.3 Å². The van der Waals surface area contributed by atoms with Crippen molar-refractivity contribution in [2.24, 2.45) is 4.99 Å². The number of ether oxygens (including phenoxy) is 1. The monoisotopic (exact) mass is 369 g/mol. The van der Waals surface area contributed by atoms with E-state index in [1.165, 1.54) is 11.8 Å². The van der Waals surface area contributed by atoms with Crippen LogP contribution in [0.15, 0.2) is 53.5 Å². The number of methoxy groups -OCH3 is 1. The summed E-state index contributed by atoms with van der Waals surface area (Å²) in [6.45, 7) is 1.99. The number of hydrogen-bond acceptors (Lipinski definition) is 5. The Hall–Kier alpha value is -2.80. The molecule has 2 N–H and O–H groups in total. The first-order chi connectivity index (χ1) is 12.5. The minimum absolute atomic E-state index is 0.0958. The molecule has 6 nitrogen and oxygen atoms in total. The number of carbonyl (C=O) groups excluding carboxylic acids is 2. The van der Waals surface area contributed by atoms with E-state index in [1.54, 1.807) is 19.2 Å². The fourth-order valence-electron chi connectivity index (χ4n) is 2.44. The maximum Gasteiger partial charge on any atom is 0.238 e. The van der Waals surface area contributed by atoms with E-state index >= 15 is 0 Å². The number of aliphatic imine (C=N–C) groups is 1. The Labute approximate surface area is 156 Å². The van der Waals surface area contributed by atoms with Crippen LogP contribution in [-0.4, -0.2) is 29.3 Å². The van der Waals surface area contributed by atoms with E-state index in [2.05, 4.69) is 15.6 Å². The molecule has 0 radical (unpaired) electrons. The molecular weight excluding hydrogens is 350 g/mol. The number of rotatable bonds is 4. The van der Waals surface area contributed by atoms with Crippen LogP contribution in [-0.2, 0) is 9.59 Å². The second-order valence-electron chi connectivity index (χ2n) is 5.80. The number of nitrogens with one attached hydrogen (secondary N) is 2. The first-order valence-electron chi connectivity index (χ1n) is 8.11. The Morgan fingerprint density at radius 2 is 1.96 bits per heavy atom.